The molecule has 0 aromatic rings. The summed E-state index contributed by atoms with van der Waals surface area (Å²) in [6.07, 6.45) is 1.68. The van der Waals surface area contributed by atoms with Gasteiger partial charge in [-0.3, -0.25) is 0 Å². The highest BCUT2D eigenvalue weighted by Crippen LogP contribution is 2.00. The Morgan fingerprint density at radius 2 is 1.60 bits per heavy atom. The second-order valence-electron chi connectivity index (χ2n) is 3.40. The highest BCUT2D eigenvalue weighted by molar-refractivity contribution is 7.87. The Kier molecular flexibility index (Phi) is 7.95. The molecule has 92 valence electrons. The highest BCUT2D eigenvalue weighted by atomic mass is 32.2. The smallest absolute Gasteiger partial charge is 0.279 e. The van der Waals surface area contributed by atoms with E-state index in [1.807, 2.05) is 13.8 Å². The average molecular weight is 237 g/mol. The summed E-state index contributed by atoms with van der Waals surface area (Å²) in [5.41, 5.74) is 0. The van der Waals surface area contributed by atoms with E-state index < -0.39 is 10.2 Å². The molecular formula is C9H23N3O2S. The largest absolute Gasteiger partial charge is 0.318 e. The molecule has 0 fully saturated rings. The topological polar surface area (TPSA) is 61.4 Å². The molecule has 15 heavy (non-hydrogen) atoms. The van der Waals surface area contributed by atoms with Gasteiger partial charge in [0, 0.05) is 26.2 Å². The third-order valence-corrected chi connectivity index (χ3v) is 3.56. The summed E-state index contributed by atoms with van der Waals surface area (Å²) in [5.74, 6) is 0. The number of nitrogens with one attached hydrogen (secondary N) is 2. The first-order valence-electron chi connectivity index (χ1n) is 5.47. The van der Waals surface area contributed by atoms with Crippen molar-refractivity contribution in [2.24, 2.45) is 0 Å². The van der Waals surface area contributed by atoms with Gasteiger partial charge < -0.3 is 5.32 Å². The van der Waals surface area contributed by atoms with E-state index in [4.69, 9.17) is 0 Å². The summed E-state index contributed by atoms with van der Waals surface area (Å²) in [7, 11) is -1.48. The summed E-state index contributed by atoms with van der Waals surface area (Å²) in [6.45, 7) is 6.21. The van der Waals surface area contributed by atoms with Crippen LogP contribution in [0.3, 0.4) is 0 Å². The normalized spacial score (nSPS) is 12.3. The molecule has 0 spiro atoms. The van der Waals surface area contributed by atoms with E-state index in [2.05, 4.69) is 10.0 Å². The number of hydrogen-bond donors (Lipinski definition) is 2. The molecule has 0 aliphatic heterocycles. The molecule has 0 saturated heterocycles. The van der Waals surface area contributed by atoms with Crippen molar-refractivity contribution in [1.29, 1.82) is 0 Å². The quantitative estimate of drug-likeness (QED) is 0.562. The zero-order chi connectivity index (χ0) is 11.7. The fraction of sp³-hybridized carbons (Fsp3) is 1.00. The number of rotatable bonds is 9. The molecule has 2 N–H and O–H groups in total. The lowest BCUT2D eigenvalue weighted by Gasteiger charge is -2.21. The van der Waals surface area contributed by atoms with Gasteiger partial charge in [-0.15, -0.1) is 0 Å². The zero-order valence-electron chi connectivity index (χ0n) is 9.91. The summed E-state index contributed by atoms with van der Waals surface area (Å²) in [5, 5.41) is 2.90. The lowest BCUT2D eigenvalue weighted by atomic mass is 10.4. The van der Waals surface area contributed by atoms with Crippen LogP contribution in [0.4, 0.5) is 0 Å². The molecule has 0 atom stereocenters. The number of hydrogen-bond acceptors (Lipinski definition) is 3. The summed E-state index contributed by atoms with van der Waals surface area (Å²) in [4.78, 5) is 0. The van der Waals surface area contributed by atoms with Crippen LogP contribution in [0.15, 0.2) is 0 Å². The van der Waals surface area contributed by atoms with E-state index in [0.717, 1.165) is 12.8 Å². The van der Waals surface area contributed by atoms with E-state index in [0.29, 0.717) is 26.2 Å². The third kappa shape index (κ3) is 6.09. The van der Waals surface area contributed by atoms with E-state index in [1.54, 1.807) is 7.05 Å². The molecule has 0 rings (SSSR count). The van der Waals surface area contributed by atoms with Crippen LogP contribution in [0.25, 0.3) is 0 Å². The molecule has 0 aromatic carbocycles. The minimum Gasteiger partial charge on any atom is -0.318 e. The van der Waals surface area contributed by atoms with Crippen LogP contribution < -0.4 is 10.0 Å². The Labute approximate surface area is 93.4 Å². The predicted molar refractivity (Wildman–Crippen MR) is 63.0 cm³/mol. The molecule has 0 aromatic heterocycles. The lowest BCUT2D eigenvalue weighted by molar-refractivity contribution is 0.402. The van der Waals surface area contributed by atoms with Gasteiger partial charge in [0.25, 0.3) is 10.2 Å². The standard InChI is InChI=1S/C9H23N3O2S/c1-4-8-12(9-5-2)15(13,14)11-7-6-10-3/h10-11H,4-9H2,1-3H3. The van der Waals surface area contributed by atoms with Gasteiger partial charge in [0.15, 0.2) is 0 Å². The van der Waals surface area contributed by atoms with Crippen molar-refractivity contribution >= 4 is 10.2 Å². The van der Waals surface area contributed by atoms with E-state index >= 15 is 0 Å². The maximum atomic E-state index is 11.8. The Morgan fingerprint density at radius 1 is 1.07 bits per heavy atom. The fourth-order valence-corrected chi connectivity index (χ4v) is 2.64. The van der Waals surface area contributed by atoms with Crippen molar-refractivity contribution in [3.8, 4) is 0 Å². The molecule has 0 aliphatic carbocycles. The van der Waals surface area contributed by atoms with Crippen LogP contribution in [0, 0.1) is 0 Å². The fourth-order valence-electron chi connectivity index (χ4n) is 1.25. The predicted octanol–water partition coefficient (Wildman–Crippen LogP) is 0.162. The molecule has 0 unspecified atom stereocenters. The Hall–Kier alpha value is -0.170. The average Bonchev–Trinajstić information content (AvgIpc) is 2.18. The summed E-state index contributed by atoms with van der Waals surface area (Å²) < 4.78 is 27.6. The molecule has 0 heterocycles. The van der Waals surface area contributed by atoms with E-state index in [1.165, 1.54) is 4.31 Å². The van der Waals surface area contributed by atoms with Crippen molar-refractivity contribution < 1.29 is 8.42 Å². The van der Waals surface area contributed by atoms with Crippen LogP contribution in [-0.2, 0) is 10.2 Å². The molecule has 6 heteroatoms. The second-order valence-corrected chi connectivity index (χ2v) is 5.16. The van der Waals surface area contributed by atoms with Crippen LogP contribution >= 0.6 is 0 Å². The molecule has 5 nitrogen and oxygen atoms in total. The molecule has 0 bridgehead atoms. The van der Waals surface area contributed by atoms with Crippen LogP contribution in [-0.4, -0.2) is 45.9 Å². The minimum atomic E-state index is -3.28. The molecule has 0 aliphatic rings. The first-order chi connectivity index (χ1) is 7.08. The first kappa shape index (κ1) is 14.8. The number of nitrogens with zero attached hydrogens (tertiary/aromatic N) is 1. The van der Waals surface area contributed by atoms with Gasteiger partial charge in [0.2, 0.25) is 0 Å². The SMILES string of the molecule is CCCN(CCC)S(=O)(=O)NCCNC. The molecule has 0 saturated carbocycles. The van der Waals surface area contributed by atoms with Gasteiger partial charge >= 0.3 is 0 Å². The molecule has 0 radical (unpaired) electrons. The second kappa shape index (κ2) is 8.04. The third-order valence-electron chi connectivity index (χ3n) is 1.95. The van der Waals surface area contributed by atoms with E-state index in [-0.39, 0.29) is 0 Å². The van der Waals surface area contributed by atoms with Gasteiger partial charge in [-0.2, -0.15) is 12.7 Å². The summed E-state index contributed by atoms with van der Waals surface area (Å²) >= 11 is 0. The van der Waals surface area contributed by atoms with Crippen molar-refractivity contribution in [2.75, 3.05) is 33.2 Å². The van der Waals surface area contributed by atoms with Crippen LogP contribution in [0.1, 0.15) is 26.7 Å². The van der Waals surface area contributed by atoms with Gasteiger partial charge in [-0.25, -0.2) is 4.72 Å². The Morgan fingerprint density at radius 3 is 2.00 bits per heavy atom. The first-order valence-corrected chi connectivity index (χ1v) is 6.91. The maximum Gasteiger partial charge on any atom is 0.279 e. The van der Waals surface area contributed by atoms with Gasteiger partial charge in [-0.1, -0.05) is 13.8 Å². The highest BCUT2D eigenvalue weighted by Gasteiger charge is 2.18. The monoisotopic (exact) mass is 237 g/mol. The Balaban J connectivity index is 4.22. The van der Waals surface area contributed by atoms with E-state index in [9.17, 15) is 8.42 Å². The molecule has 0 amide bonds. The lowest BCUT2D eigenvalue weighted by Crippen LogP contribution is -2.43. The molecular weight excluding hydrogens is 214 g/mol. The van der Waals surface area contributed by atoms with Crippen molar-refractivity contribution in [3.63, 3.8) is 0 Å². The van der Waals surface area contributed by atoms with Gasteiger partial charge in [-0.05, 0) is 19.9 Å². The van der Waals surface area contributed by atoms with Crippen molar-refractivity contribution in [1.82, 2.24) is 14.3 Å². The number of likely N-dealkylation sites (N-methyl/N-ethyl adjacent to an activating group) is 1. The zero-order valence-corrected chi connectivity index (χ0v) is 10.7. The van der Waals surface area contributed by atoms with Crippen molar-refractivity contribution in [2.45, 2.75) is 26.7 Å². The van der Waals surface area contributed by atoms with Crippen molar-refractivity contribution in [3.05, 3.63) is 0 Å². The van der Waals surface area contributed by atoms with Crippen LogP contribution in [0.5, 0.6) is 0 Å². The minimum absolute atomic E-state index is 0.433. The summed E-state index contributed by atoms with van der Waals surface area (Å²) in [6, 6.07) is 0. The maximum absolute atomic E-state index is 11.8. The van der Waals surface area contributed by atoms with Gasteiger partial charge in [0.05, 0.1) is 0 Å². The van der Waals surface area contributed by atoms with Crippen LogP contribution in [0.2, 0.25) is 0 Å². The Bertz CT molecular complexity index is 236. The van der Waals surface area contributed by atoms with Gasteiger partial charge in [0.1, 0.15) is 0 Å².